The van der Waals surface area contributed by atoms with Crippen molar-refractivity contribution in [3.8, 4) is 5.75 Å². The average Bonchev–Trinajstić information content (AvgIpc) is 2.30. The molecule has 18 heavy (non-hydrogen) atoms. The van der Waals surface area contributed by atoms with Gasteiger partial charge in [-0.05, 0) is 26.0 Å². The summed E-state index contributed by atoms with van der Waals surface area (Å²) in [5.74, 6) is 0.256. The molecule has 1 aliphatic heterocycles. The van der Waals surface area contributed by atoms with Crippen molar-refractivity contribution in [3.63, 3.8) is 0 Å². The lowest BCUT2D eigenvalue weighted by Gasteiger charge is -2.24. The van der Waals surface area contributed by atoms with E-state index in [1.54, 1.807) is 13.0 Å². The fourth-order valence-corrected chi connectivity index (χ4v) is 2.02. The van der Waals surface area contributed by atoms with Crippen LogP contribution in [0.15, 0.2) is 18.2 Å². The van der Waals surface area contributed by atoms with Gasteiger partial charge >= 0.3 is 5.97 Å². The topological polar surface area (TPSA) is 52.6 Å². The van der Waals surface area contributed by atoms with E-state index in [0.717, 1.165) is 5.56 Å². The molecule has 0 bridgehead atoms. The summed E-state index contributed by atoms with van der Waals surface area (Å²) in [5, 5.41) is 0. The van der Waals surface area contributed by atoms with Gasteiger partial charge in [0, 0.05) is 6.42 Å². The molecule has 0 saturated carbocycles. The highest BCUT2D eigenvalue weighted by molar-refractivity contribution is 6.00. The lowest BCUT2D eigenvalue weighted by atomic mass is 9.97. The van der Waals surface area contributed by atoms with Gasteiger partial charge in [-0.3, -0.25) is 9.59 Å². The Morgan fingerprint density at radius 2 is 2.28 bits per heavy atom. The molecule has 1 heterocycles. The number of ketones is 1. The predicted octanol–water partition coefficient (Wildman–Crippen LogP) is 2.28. The maximum Gasteiger partial charge on any atom is 0.309 e. The Kier molecular flexibility index (Phi) is 3.65. The maximum atomic E-state index is 12.0. The van der Waals surface area contributed by atoms with Crippen LogP contribution in [0.1, 0.15) is 35.7 Å². The zero-order valence-corrected chi connectivity index (χ0v) is 10.6. The Morgan fingerprint density at radius 1 is 1.50 bits per heavy atom. The van der Waals surface area contributed by atoms with Crippen molar-refractivity contribution in [1.29, 1.82) is 0 Å². The summed E-state index contributed by atoms with van der Waals surface area (Å²) in [6.45, 7) is 4.02. The summed E-state index contributed by atoms with van der Waals surface area (Å²) in [6.07, 6.45) is -0.0610. The second-order valence-corrected chi connectivity index (χ2v) is 4.38. The van der Waals surface area contributed by atoms with Gasteiger partial charge < -0.3 is 9.47 Å². The number of esters is 1. The van der Waals surface area contributed by atoms with Gasteiger partial charge in [-0.1, -0.05) is 11.6 Å². The third-order valence-electron chi connectivity index (χ3n) is 2.84. The number of Topliss-reactive ketones (excluding diaryl/α,β-unsaturated/α-hetero) is 1. The number of hydrogen-bond acceptors (Lipinski definition) is 4. The molecule has 1 atom stereocenters. The minimum atomic E-state index is -0.410. The highest BCUT2D eigenvalue weighted by atomic mass is 16.5. The first-order valence-electron chi connectivity index (χ1n) is 6.06. The van der Waals surface area contributed by atoms with Crippen LogP contribution in [0, 0.1) is 6.92 Å². The zero-order chi connectivity index (χ0) is 13.1. The van der Waals surface area contributed by atoms with E-state index in [0.29, 0.717) is 17.9 Å². The molecule has 0 saturated heterocycles. The molecule has 0 N–H and O–H groups in total. The summed E-state index contributed by atoms with van der Waals surface area (Å²) in [6, 6.07) is 5.48. The molecule has 96 valence electrons. The van der Waals surface area contributed by atoms with Gasteiger partial charge in [-0.15, -0.1) is 0 Å². The standard InChI is InChI=1S/C14H16O4/c1-3-17-14(16)8-10-7-12(15)11-6-9(2)4-5-13(11)18-10/h4-6,10H,3,7-8H2,1-2H3/t10-/m0/s1. The van der Waals surface area contributed by atoms with E-state index < -0.39 is 6.10 Å². The summed E-state index contributed by atoms with van der Waals surface area (Å²) in [4.78, 5) is 23.3. The molecule has 0 aromatic heterocycles. The third kappa shape index (κ3) is 2.70. The highest BCUT2D eigenvalue weighted by Crippen LogP contribution is 2.29. The number of ether oxygens (including phenoxy) is 2. The van der Waals surface area contributed by atoms with Crippen LogP contribution in [0.4, 0.5) is 0 Å². The molecule has 0 fully saturated rings. The Morgan fingerprint density at radius 3 is 3.00 bits per heavy atom. The zero-order valence-electron chi connectivity index (χ0n) is 10.6. The van der Waals surface area contributed by atoms with E-state index in [4.69, 9.17) is 9.47 Å². The van der Waals surface area contributed by atoms with Crippen molar-refractivity contribution in [2.24, 2.45) is 0 Å². The van der Waals surface area contributed by atoms with Crippen LogP contribution in [-0.2, 0) is 9.53 Å². The van der Waals surface area contributed by atoms with Crippen LogP contribution in [0.2, 0.25) is 0 Å². The largest absolute Gasteiger partial charge is 0.489 e. The number of benzene rings is 1. The first-order valence-corrected chi connectivity index (χ1v) is 6.06. The molecule has 0 radical (unpaired) electrons. The van der Waals surface area contributed by atoms with Crippen molar-refractivity contribution in [3.05, 3.63) is 29.3 Å². The molecule has 1 aromatic carbocycles. The SMILES string of the molecule is CCOC(=O)C[C@@H]1CC(=O)c2cc(C)ccc2O1. The maximum absolute atomic E-state index is 12.0. The van der Waals surface area contributed by atoms with E-state index in [1.165, 1.54) is 0 Å². The number of hydrogen-bond donors (Lipinski definition) is 0. The monoisotopic (exact) mass is 248 g/mol. The van der Waals surface area contributed by atoms with Crippen molar-refractivity contribution in [2.45, 2.75) is 32.8 Å². The normalized spacial score (nSPS) is 17.9. The van der Waals surface area contributed by atoms with Gasteiger partial charge in [-0.25, -0.2) is 0 Å². The molecule has 0 amide bonds. The molecular formula is C14H16O4. The first-order chi connectivity index (χ1) is 8.60. The summed E-state index contributed by atoms with van der Waals surface area (Å²) in [5.41, 5.74) is 1.63. The van der Waals surface area contributed by atoms with Gasteiger partial charge in [0.05, 0.1) is 18.6 Å². The van der Waals surface area contributed by atoms with Crippen LogP contribution < -0.4 is 4.74 Å². The highest BCUT2D eigenvalue weighted by Gasteiger charge is 2.28. The fourth-order valence-electron chi connectivity index (χ4n) is 2.02. The number of aryl methyl sites for hydroxylation is 1. The van der Waals surface area contributed by atoms with E-state index in [-0.39, 0.29) is 24.6 Å². The number of carbonyl (C=O) groups excluding carboxylic acids is 2. The van der Waals surface area contributed by atoms with Crippen LogP contribution in [0.5, 0.6) is 5.75 Å². The number of fused-ring (bicyclic) bond motifs is 1. The Balaban J connectivity index is 2.11. The van der Waals surface area contributed by atoms with Crippen LogP contribution in [-0.4, -0.2) is 24.5 Å². The third-order valence-corrected chi connectivity index (χ3v) is 2.84. The second-order valence-electron chi connectivity index (χ2n) is 4.38. The van der Waals surface area contributed by atoms with Crippen molar-refractivity contribution < 1.29 is 19.1 Å². The average molecular weight is 248 g/mol. The van der Waals surface area contributed by atoms with Gasteiger partial charge in [0.1, 0.15) is 11.9 Å². The smallest absolute Gasteiger partial charge is 0.309 e. The van der Waals surface area contributed by atoms with E-state index in [1.807, 2.05) is 19.1 Å². The van der Waals surface area contributed by atoms with Crippen molar-refractivity contribution in [1.82, 2.24) is 0 Å². The Labute approximate surface area is 106 Å². The molecule has 0 aliphatic carbocycles. The number of rotatable bonds is 3. The molecule has 0 spiro atoms. The Bertz CT molecular complexity index is 479. The molecule has 0 unspecified atom stereocenters. The van der Waals surface area contributed by atoms with Crippen LogP contribution in [0.3, 0.4) is 0 Å². The van der Waals surface area contributed by atoms with Gasteiger partial charge in [0.2, 0.25) is 0 Å². The van der Waals surface area contributed by atoms with E-state index in [2.05, 4.69) is 0 Å². The quantitative estimate of drug-likeness (QED) is 0.770. The Hall–Kier alpha value is -1.84. The van der Waals surface area contributed by atoms with Gasteiger partial charge in [-0.2, -0.15) is 0 Å². The second kappa shape index (κ2) is 5.21. The first kappa shape index (κ1) is 12.6. The molecule has 1 aromatic rings. The van der Waals surface area contributed by atoms with Gasteiger partial charge in [0.15, 0.2) is 5.78 Å². The van der Waals surface area contributed by atoms with Crippen molar-refractivity contribution in [2.75, 3.05) is 6.61 Å². The van der Waals surface area contributed by atoms with E-state index in [9.17, 15) is 9.59 Å². The number of carbonyl (C=O) groups is 2. The molecule has 4 nitrogen and oxygen atoms in total. The van der Waals surface area contributed by atoms with Gasteiger partial charge in [0.25, 0.3) is 0 Å². The summed E-state index contributed by atoms with van der Waals surface area (Å²) in [7, 11) is 0. The van der Waals surface area contributed by atoms with Crippen molar-refractivity contribution >= 4 is 11.8 Å². The minimum Gasteiger partial charge on any atom is -0.489 e. The molecule has 2 rings (SSSR count). The fraction of sp³-hybridized carbons (Fsp3) is 0.429. The predicted molar refractivity (Wildman–Crippen MR) is 65.8 cm³/mol. The van der Waals surface area contributed by atoms with Crippen LogP contribution >= 0.6 is 0 Å². The lowest BCUT2D eigenvalue weighted by Crippen LogP contribution is -2.29. The molecule has 1 aliphatic rings. The van der Waals surface area contributed by atoms with E-state index >= 15 is 0 Å². The molecule has 4 heteroatoms. The molecular weight excluding hydrogens is 232 g/mol. The summed E-state index contributed by atoms with van der Waals surface area (Å²) >= 11 is 0. The lowest BCUT2D eigenvalue weighted by molar-refractivity contribution is -0.144. The van der Waals surface area contributed by atoms with Crippen LogP contribution in [0.25, 0.3) is 0 Å². The minimum absolute atomic E-state index is 0.0225. The summed E-state index contributed by atoms with van der Waals surface area (Å²) < 4.78 is 10.5.